The van der Waals surface area contributed by atoms with Gasteiger partial charge < -0.3 is 0 Å². The predicted molar refractivity (Wildman–Crippen MR) is 136 cm³/mol. The van der Waals surface area contributed by atoms with Crippen LogP contribution >= 0.6 is 22.7 Å². The van der Waals surface area contributed by atoms with Crippen molar-refractivity contribution in [1.82, 2.24) is 0 Å². The summed E-state index contributed by atoms with van der Waals surface area (Å²) in [5.41, 5.74) is 3.11. The summed E-state index contributed by atoms with van der Waals surface area (Å²) < 4.78 is 0. The van der Waals surface area contributed by atoms with Crippen LogP contribution in [-0.2, 0) is 0 Å². The average Bonchev–Trinajstić information content (AvgIpc) is 3.44. The van der Waals surface area contributed by atoms with Crippen LogP contribution in [0, 0.1) is 23.7 Å². The van der Waals surface area contributed by atoms with E-state index in [4.69, 9.17) is 0 Å². The summed E-state index contributed by atoms with van der Waals surface area (Å²) in [4.78, 5) is 3.15. The van der Waals surface area contributed by atoms with Gasteiger partial charge in [-0.05, 0) is 59.2 Å². The second-order valence-corrected chi connectivity index (χ2v) is 10.8. The van der Waals surface area contributed by atoms with E-state index >= 15 is 0 Å². The molecule has 0 aromatic carbocycles. The van der Waals surface area contributed by atoms with Gasteiger partial charge in [0, 0.05) is 21.6 Å². The first kappa shape index (κ1) is 23.6. The highest BCUT2D eigenvalue weighted by Crippen LogP contribution is 2.52. The van der Waals surface area contributed by atoms with Gasteiger partial charge in [0.1, 0.15) is 0 Å². The maximum absolute atomic E-state index is 3.79. The third-order valence-corrected chi connectivity index (χ3v) is 8.91. The Kier molecular flexibility index (Phi) is 9.54. The lowest BCUT2D eigenvalue weighted by molar-refractivity contribution is 0.404. The summed E-state index contributed by atoms with van der Waals surface area (Å²) in [5.74, 6) is 9.71. The standard InChI is InChI=1S/C28H40S2/c1-5-9-11-12-13-21(7-3)15-16-23-24-17-19-30-28(24)26(22(8-4)14-10-6-2)25-18-20-29-27(23)25/h17-23,26H,5-14H2,1-4H3. The molecule has 0 amide bonds. The Morgan fingerprint density at radius 1 is 0.800 bits per heavy atom. The summed E-state index contributed by atoms with van der Waals surface area (Å²) in [6, 6.07) is 4.79. The second kappa shape index (κ2) is 12.1. The molecule has 0 saturated carbocycles. The lowest BCUT2D eigenvalue weighted by Crippen LogP contribution is -2.20. The van der Waals surface area contributed by atoms with E-state index in [0.717, 1.165) is 5.92 Å². The van der Waals surface area contributed by atoms with Crippen LogP contribution in [0.15, 0.2) is 22.9 Å². The number of fused-ring (bicyclic) bond motifs is 2. The molecule has 0 spiro atoms. The summed E-state index contributed by atoms with van der Waals surface area (Å²) in [6.07, 6.45) is 13.1. The van der Waals surface area contributed by atoms with Gasteiger partial charge >= 0.3 is 0 Å². The molecule has 0 radical (unpaired) electrons. The first-order valence-corrected chi connectivity index (χ1v) is 14.2. The maximum atomic E-state index is 3.79. The van der Waals surface area contributed by atoms with Crippen LogP contribution in [0.4, 0.5) is 0 Å². The largest absolute Gasteiger partial charge is 0.148 e. The zero-order chi connectivity index (χ0) is 21.3. The molecule has 0 aliphatic heterocycles. The maximum Gasteiger partial charge on any atom is 0.0809 e. The first-order valence-electron chi connectivity index (χ1n) is 12.4. The quantitative estimate of drug-likeness (QED) is 0.241. The molecule has 4 unspecified atom stereocenters. The van der Waals surface area contributed by atoms with Gasteiger partial charge in [-0.15, -0.1) is 22.7 Å². The molecule has 2 heteroatoms. The van der Waals surface area contributed by atoms with E-state index in [-0.39, 0.29) is 0 Å². The van der Waals surface area contributed by atoms with Crippen molar-refractivity contribution in [3.63, 3.8) is 0 Å². The molecule has 0 saturated heterocycles. The number of unbranched alkanes of at least 4 members (excludes halogenated alkanes) is 4. The minimum absolute atomic E-state index is 0.297. The van der Waals surface area contributed by atoms with E-state index in [1.807, 2.05) is 22.7 Å². The van der Waals surface area contributed by atoms with Crippen LogP contribution < -0.4 is 0 Å². The molecule has 4 atom stereocenters. The van der Waals surface area contributed by atoms with E-state index in [2.05, 4.69) is 62.4 Å². The number of rotatable bonds is 11. The van der Waals surface area contributed by atoms with Gasteiger partial charge in [-0.1, -0.05) is 84.5 Å². The highest BCUT2D eigenvalue weighted by atomic mass is 32.1. The predicted octanol–water partition coefficient (Wildman–Crippen LogP) is 9.60. The molecule has 2 aromatic rings. The van der Waals surface area contributed by atoms with Crippen molar-refractivity contribution in [2.75, 3.05) is 0 Å². The Balaban J connectivity index is 1.85. The van der Waals surface area contributed by atoms with E-state index in [1.165, 1.54) is 74.6 Å². The Morgan fingerprint density at radius 2 is 1.53 bits per heavy atom. The Hall–Kier alpha value is -1.04. The fourth-order valence-electron chi connectivity index (χ4n) is 5.01. The van der Waals surface area contributed by atoms with Gasteiger partial charge in [0.15, 0.2) is 0 Å². The summed E-state index contributed by atoms with van der Waals surface area (Å²) in [5, 5.41) is 4.63. The van der Waals surface area contributed by atoms with Crippen molar-refractivity contribution in [3.8, 4) is 11.8 Å². The van der Waals surface area contributed by atoms with Crippen LogP contribution in [0.5, 0.6) is 0 Å². The van der Waals surface area contributed by atoms with Gasteiger partial charge in [-0.25, -0.2) is 0 Å². The van der Waals surface area contributed by atoms with Crippen molar-refractivity contribution >= 4 is 22.7 Å². The van der Waals surface area contributed by atoms with Crippen LogP contribution in [0.1, 0.15) is 125 Å². The van der Waals surface area contributed by atoms with Crippen molar-refractivity contribution in [3.05, 3.63) is 43.8 Å². The van der Waals surface area contributed by atoms with E-state index < -0.39 is 0 Å². The van der Waals surface area contributed by atoms with Crippen molar-refractivity contribution in [2.24, 2.45) is 11.8 Å². The molecule has 0 N–H and O–H groups in total. The van der Waals surface area contributed by atoms with Crippen molar-refractivity contribution < 1.29 is 0 Å². The molecule has 1 aliphatic rings. The summed E-state index contributed by atoms with van der Waals surface area (Å²) >= 11 is 3.92. The highest BCUT2D eigenvalue weighted by molar-refractivity contribution is 7.11. The van der Waals surface area contributed by atoms with Crippen LogP contribution in [0.25, 0.3) is 0 Å². The van der Waals surface area contributed by atoms with Crippen molar-refractivity contribution in [2.45, 2.75) is 104 Å². The van der Waals surface area contributed by atoms with Gasteiger partial charge in [0.25, 0.3) is 0 Å². The Bertz CT molecular complexity index is 773. The SMILES string of the molecule is CCCCCCC(C#CC1c2ccsc2C(C(CC)CCCC)c2ccsc21)CC. The molecule has 0 bridgehead atoms. The summed E-state index contributed by atoms with van der Waals surface area (Å²) in [7, 11) is 0. The van der Waals surface area contributed by atoms with Gasteiger partial charge in [0.2, 0.25) is 0 Å². The van der Waals surface area contributed by atoms with Crippen LogP contribution in [0.2, 0.25) is 0 Å². The topological polar surface area (TPSA) is 0 Å². The average molecular weight is 441 g/mol. The molecule has 0 fully saturated rings. The Labute approximate surface area is 193 Å². The normalized spacial score (nSPS) is 19.5. The second-order valence-electron chi connectivity index (χ2n) is 8.94. The van der Waals surface area contributed by atoms with Crippen molar-refractivity contribution in [1.29, 1.82) is 0 Å². The first-order chi connectivity index (χ1) is 14.7. The molecule has 0 nitrogen and oxygen atoms in total. The highest BCUT2D eigenvalue weighted by Gasteiger charge is 2.37. The molecular formula is C28H40S2. The van der Waals surface area contributed by atoms with E-state index in [9.17, 15) is 0 Å². The number of hydrogen-bond acceptors (Lipinski definition) is 2. The molecule has 164 valence electrons. The number of hydrogen-bond donors (Lipinski definition) is 0. The third kappa shape index (κ3) is 5.41. The van der Waals surface area contributed by atoms with Crippen LogP contribution in [-0.4, -0.2) is 0 Å². The van der Waals surface area contributed by atoms with E-state index in [0.29, 0.717) is 17.8 Å². The zero-order valence-electron chi connectivity index (χ0n) is 19.5. The fraction of sp³-hybridized carbons (Fsp3) is 0.643. The Morgan fingerprint density at radius 3 is 2.23 bits per heavy atom. The third-order valence-electron chi connectivity index (χ3n) is 6.90. The molecule has 2 heterocycles. The zero-order valence-corrected chi connectivity index (χ0v) is 21.1. The lowest BCUT2D eigenvalue weighted by Gasteiger charge is -2.32. The minimum Gasteiger partial charge on any atom is -0.148 e. The van der Waals surface area contributed by atoms with Gasteiger partial charge in [-0.3, -0.25) is 0 Å². The minimum atomic E-state index is 0.297. The molecular weight excluding hydrogens is 400 g/mol. The molecule has 1 aliphatic carbocycles. The van der Waals surface area contributed by atoms with E-state index in [1.54, 1.807) is 10.4 Å². The smallest absolute Gasteiger partial charge is 0.0809 e. The monoisotopic (exact) mass is 440 g/mol. The van der Waals surface area contributed by atoms with Gasteiger partial charge in [-0.2, -0.15) is 0 Å². The molecule has 2 aromatic heterocycles. The molecule has 30 heavy (non-hydrogen) atoms. The summed E-state index contributed by atoms with van der Waals surface area (Å²) in [6.45, 7) is 9.30. The number of thiophene rings is 2. The lowest BCUT2D eigenvalue weighted by atomic mass is 9.73. The van der Waals surface area contributed by atoms with Gasteiger partial charge in [0.05, 0.1) is 5.92 Å². The molecule has 3 rings (SSSR count). The fourth-order valence-corrected chi connectivity index (χ4v) is 7.17. The van der Waals surface area contributed by atoms with Crippen LogP contribution in [0.3, 0.4) is 0 Å².